The van der Waals surface area contributed by atoms with Gasteiger partial charge >= 0.3 is 0 Å². The topological polar surface area (TPSA) is 76.5 Å². The Morgan fingerprint density at radius 1 is 0.969 bits per heavy atom. The number of β-amino-alcohol motifs (C(OH)–C–C–N with tert-alkyl or cyclic N) is 1. The van der Waals surface area contributed by atoms with Gasteiger partial charge in [-0.1, -0.05) is 30.3 Å². The number of hydrogen-bond donors (Lipinski definition) is 2. The molecule has 7 nitrogen and oxygen atoms in total. The molecule has 4 rings (SSSR count). The lowest BCUT2D eigenvalue weighted by atomic mass is 10.1. The van der Waals surface area contributed by atoms with Gasteiger partial charge in [-0.3, -0.25) is 9.69 Å². The van der Waals surface area contributed by atoms with Gasteiger partial charge in [-0.2, -0.15) is 0 Å². The first-order chi connectivity index (χ1) is 15.6. The smallest absolute Gasteiger partial charge is 0.241 e. The minimum absolute atomic E-state index is 0.114. The van der Waals surface area contributed by atoms with Crippen LogP contribution in [0.3, 0.4) is 0 Å². The standard InChI is InChI=1S/C25H33N3O4/c29-22-9-11-26(12-10-22)17-23(30)19-32-24-8-4-5-20(15-24)16-27-13-14-28(25(31)18-27)21-6-2-1-3-7-21/h1-8,15,22-23,29-30H,9-14,16-19H2. The summed E-state index contributed by atoms with van der Waals surface area (Å²) in [7, 11) is 0. The van der Waals surface area contributed by atoms with Crippen molar-refractivity contribution >= 4 is 11.6 Å². The number of rotatable bonds is 8. The highest BCUT2D eigenvalue weighted by Gasteiger charge is 2.25. The van der Waals surface area contributed by atoms with Crippen molar-refractivity contribution in [3.05, 3.63) is 60.2 Å². The van der Waals surface area contributed by atoms with Gasteiger partial charge in [-0.05, 0) is 42.7 Å². The van der Waals surface area contributed by atoms with Crippen molar-refractivity contribution < 1.29 is 19.7 Å². The molecule has 2 aromatic carbocycles. The molecule has 172 valence electrons. The summed E-state index contributed by atoms with van der Waals surface area (Å²) in [5.74, 6) is 0.841. The lowest BCUT2D eigenvalue weighted by Gasteiger charge is -2.34. The summed E-state index contributed by atoms with van der Waals surface area (Å²) in [4.78, 5) is 18.8. The van der Waals surface area contributed by atoms with E-state index in [1.807, 2.05) is 59.5 Å². The van der Waals surface area contributed by atoms with Crippen LogP contribution in [0.25, 0.3) is 0 Å². The molecule has 2 heterocycles. The number of anilines is 1. The predicted octanol–water partition coefficient (Wildman–Crippen LogP) is 1.73. The minimum atomic E-state index is -0.572. The molecule has 1 atom stereocenters. The van der Waals surface area contributed by atoms with Gasteiger partial charge in [-0.15, -0.1) is 0 Å². The van der Waals surface area contributed by atoms with E-state index in [1.54, 1.807) is 0 Å². The molecular weight excluding hydrogens is 406 g/mol. The highest BCUT2D eigenvalue weighted by Crippen LogP contribution is 2.20. The molecular formula is C25H33N3O4. The summed E-state index contributed by atoms with van der Waals surface area (Å²) in [6, 6.07) is 17.7. The van der Waals surface area contributed by atoms with Crippen LogP contribution in [-0.4, -0.2) is 84.0 Å². The zero-order valence-corrected chi connectivity index (χ0v) is 18.5. The van der Waals surface area contributed by atoms with Gasteiger partial charge in [0.15, 0.2) is 0 Å². The highest BCUT2D eigenvalue weighted by atomic mass is 16.5. The van der Waals surface area contributed by atoms with Gasteiger partial charge in [-0.25, -0.2) is 0 Å². The third-order valence-corrected chi connectivity index (χ3v) is 6.14. The van der Waals surface area contributed by atoms with Gasteiger partial charge in [0.05, 0.1) is 12.6 Å². The maximum Gasteiger partial charge on any atom is 0.241 e. The SMILES string of the molecule is O=C1CN(Cc2cccc(OCC(O)CN3CCC(O)CC3)c2)CCN1c1ccccc1. The van der Waals surface area contributed by atoms with E-state index in [9.17, 15) is 15.0 Å². The molecule has 2 aromatic rings. The Morgan fingerprint density at radius 3 is 2.50 bits per heavy atom. The number of nitrogens with zero attached hydrogens (tertiary/aromatic N) is 3. The molecule has 0 aliphatic carbocycles. The van der Waals surface area contributed by atoms with Crippen molar-refractivity contribution in [2.75, 3.05) is 50.8 Å². The fourth-order valence-corrected chi connectivity index (χ4v) is 4.37. The molecule has 2 aliphatic heterocycles. The number of ether oxygens (including phenoxy) is 1. The Labute approximate surface area is 189 Å². The number of benzene rings is 2. The second-order valence-electron chi connectivity index (χ2n) is 8.74. The summed E-state index contributed by atoms with van der Waals surface area (Å²) < 4.78 is 5.84. The van der Waals surface area contributed by atoms with E-state index in [-0.39, 0.29) is 18.6 Å². The summed E-state index contributed by atoms with van der Waals surface area (Å²) in [6.07, 6.45) is 0.742. The molecule has 0 saturated carbocycles. The van der Waals surface area contributed by atoms with Gasteiger partial charge in [0, 0.05) is 45.0 Å². The number of piperazine rings is 1. The van der Waals surface area contributed by atoms with Crippen molar-refractivity contribution in [3.63, 3.8) is 0 Å². The Kier molecular flexibility index (Phi) is 7.76. The fraction of sp³-hybridized carbons (Fsp3) is 0.480. The van der Waals surface area contributed by atoms with Crippen LogP contribution in [0, 0.1) is 0 Å². The van der Waals surface area contributed by atoms with E-state index in [0.29, 0.717) is 26.2 Å². The average Bonchev–Trinajstić information content (AvgIpc) is 2.80. The number of likely N-dealkylation sites (tertiary alicyclic amines) is 1. The van der Waals surface area contributed by atoms with Crippen molar-refractivity contribution in [1.82, 2.24) is 9.80 Å². The zero-order chi connectivity index (χ0) is 22.3. The number of carbonyl (C=O) groups is 1. The quantitative estimate of drug-likeness (QED) is 0.653. The maximum absolute atomic E-state index is 12.6. The first-order valence-corrected chi connectivity index (χ1v) is 11.4. The Hall–Kier alpha value is -2.45. The van der Waals surface area contributed by atoms with Crippen LogP contribution in [0.2, 0.25) is 0 Å². The number of aliphatic hydroxyl groups excluding tert-OH is 2. The third kappa shape index (κ3) is 6.29. The Morgan fingerprint density at radius 2 is 1.75 bits per heavy atom. The number of para-hydroxylation sites is 1. The van der Waals surface area contributed by atoms with E-state index in [2.05, 4.69) is 9.80 Å². The molecule has 2 N–H and O–H groups in total. The number of amides is 1. The van der Waals surface area contributed by atoms with Crippen molar-refractivity contribution in [2.24, 2.45) is 0 Å². The number of carbonyl (C=O) groups excluding carboxylic acids is 1. The third-order valence-electron chi connectivity index (χ3n) is 6.14. The second-order valence-corrected chi connectivity index (χ2v) is 8.74. The predicted molar refractivity (Wildman–Crippen MR) is 124 cm³/mol. The minimum Gasteiger partial charge on any atom is -0.491 e. The van der Waals surface area contributed by atoms with Crippen LogP contribution < -0.4 is 9.64 Å². The lowest BCUT2D eigenvalue weighted by Crippen LogP contribution is -2.50. The number of hydrogen-bond acceptors (Lipinski definition) is 6. The first kappa shape index (κ1) is 22.7. The van der Waals surface area contributed by atoms with Gasteiger partial charge in [0.2, 0.25) is 5.91 Å². The molecule has 2 saturated heterocycles. The van der Waals surface area contributed by atoms with E-state index in [0.717, 1.165) is 49.5 Å². The van der Waals surface area contributed by atoms with Crippen molar-refractivity contribution in [3.8, 4) is 5.75 Å². The van der Waals surface area contributed by atoms with Crippen LogP contribution in [0.4, 0.5) is 5.69 Å². The zero-order valence-electron chi connectivity index (χ0n) is 18.5. The van der Waals surface area contributed by atoms with E-state index in [4.69, 9.17) is 4.74 Å². The molecule has 0 aromatic heterocycles. The van der Waals surface area contributed by atoms with Crippen molar-refractivity contribution in [1.29, 1.82) is 0 Å². The first-order valence-electron chi connectivity index (χ1n) is 11.4. The van der Waals surface area contributed by atoms with Crippen LogP contribution in [0.1, 0.15) is 18.4 Å². The van der Waals surface area contributed by atoms with Gasteiger partial charge in [0.1, 0.15) is 18.5 Å². The molecule has 0 bridgehead atoms. The maximum atomic E-state index is 12.6. The molecule has 0 radical (unpaired) electrons. The summed E-state index contributed by atoms with van der Waals surface area (Å²) >= 11 is 0. The molecule has 1 amide bonds. The highest BCUT2D eigenvalue weighted by molar-refractivity contribution is 5.95. The second kappa shape index (κ2) is 10.9. The van der Waals surface area contributed by atoms with E-state index in [1.165, 1.54) is 0 Å². The molecule has 7 heteroatoms. The molecule has 2 aliphatic rings. The van der Waals surface area contributed by atoms with E-state index >= 15 is 0 Å². The summed E-state index contributed by atoms with van der Waals surface area (Å²) in [5.41, 5.74) is 2.04. The number of aliphatic hydroxyl groups is 2. The lowest BCUT2D eigenvalue weighted by molar-refractivity contribution is -0.121. The molecule has 32 heavy (non-hydrogen) atoms. The largest absolute Gasteiger partial charge is 0.491 e. The fourth-order valence-electron chi connectivity index (χ4n) is 4.37. The van der Waals surface area contributed by atoms with Crippen LogP contribution in [0.15, 0.2) is 54.6 Å². The summed E-state index contributed by atoms with van der Waals surface area (Å²) in [5, 5.41) is 19.9. The summed E-state index contributed by atoms with van der Waals surface area (Å²) in [6.45, 7) is 4.98. The molecule has 1 unspecified atom stereocenters. The van der Waals surface area contributed by atoms with Crippen molar-refractivity contribution in [2.45, 2.75) is 31.6 Å². The van der Waals surface area contributed by atoms with Gasteiger partial charge < -0.3 is 24.7 Å². The normalized spacial score (nSPS) is 19.8. The monoisotopic (exact) mass is 439 g/mol. The van der Waals surface area contributed by atoms with Crippen LogP contribution in [-0.2, 0) is 11.3 Å². The number of piperidine rings is 1. The Bertz CT molecular complexity index is 871. The Balaban J connectivity index is 1.24. The van der Waals surface area contributed by atoms with Gasteiger partial charge in [0.25, 0.3) is 0 Å². The molecule has 2 fully saturated rings. The van der Waals surface area contributed by atoms with E-state index < -0.39 is 6.10 Å². The average molecular weight is 440 g/mol. The molecule has 0 spiro atoms. The van der Waals surface area contributed by atoms with Crippen LogP contribution >= 0.6 is 0 Å². The van der Waals surface area contributed by atoms with Crippen LogP contribution in [0.5, 0.6) is 5.75 Å².